The first-order chi connectivity index (χ1) is 23.3. The van der Waals surface area contributed by atoms with Gasteiger partial charge in [0.15, 0.2) is 0 Å². The number of H-pyrrole nitrogens is 1. The third-order valence-electron chi connectivity index (χ3n) is 9.14. The maximum absolute atomic E-state index is 13.5. The quantitative estimate of drug-likeness (QED) is 0.235. The van der Waals surface area contributed by atoms with Crippen molar-refractivity contribution in [1.82, 2.24) is 35.2 Å². The van der Waals surface area contributed by atoms with E-state index < -0.39 is 0 Å². The number of halogens is 1. The first kappa shape index (κ1) is 35.7. The maximum atomic E-state index is 13.5. The summed E-state index contributed by atoms with van der Waals surface area (Å²) in [5.74, 6) is -0.283. The van der Waals surface area contributed by atoms with Crippen LogP contribution in [0.3, 0.4) is 0 Å². The Morgan fingerprint density at radius 1 is 0.833 bits per heavy atom. The van der Waals surface area contributed by atoms with Crippen LogP contribution in [0.25, 0.3) is 23.1 Å². The number of fused-ring (bicyclic) bond motifs is 1. The highest BCUT2D eigenvalue weighted by atomic mass is 79.9. The van der Waals surface area contributed by atoms with Gasteiger partial charge in [-0.3, -0.25) is 24.2 Å². The number of hydrogen-bond donors (Lipinski definition) is 3. The predicted molar refractivity (Wildman–Crippen MR) is 194 cm³/mol. The number of benzene rings is 2. The Hall–Kier alpha value is -3.55. The number of aryl methyl sites for hydroxylation is 1. The van der Waals surface area contributed by atoms with E-state index in [1.807, 2.05) is 42.3 Å². The fourth-order valence-corrected chi connectivity index (χ4v) is 6.50. The Morgan fingerprint density at radius 2 is 1.44 bits per heavy atom. The molecule has 3 amide bonds. The molecule has 1 aromatic heterocycles. The average Bonchev–Trinajstić information content (AvgIpc) is 3.47. The molecule has 2 aliphatic rings. The molecule has 2 aromatic carbocycles. The molecule has 2 aliphatic heterocycles. The van der Waals surface area contributed by atoms with E-state index in [0.717, 1.165) is 59.2 Å². The molecule has 0 saturated carbocycles. The number of aromatic amines is 1. The average molecular weight is 723 g/mol. The van der Waals surface area contributed by atoms with Gasteiger partial charge in [-0.15, -0.1) is 0 Å². The summed E-state index contributed by atoms with van der Waals surface area (Å²) < 4.78 is 6.47. The number of nitrogens with one attached hydrogen (secondary N) is 3. The Morgan fingerprint density at radius 3 is 2.02 bits per heavy atom. The number of nitrogens with zero attached hydrogens (tertiary/aromatic N) is 4. The summed E-state index contributed by atoms with van der Waals surface area (Å²) in [5.41, 5.74) is 4.64. The van der Waals surface area contributed by atoms with Crippen LogP contribution in [0, 0.1) is 0 Å². The highest BCUT2D eigenvalue weighted by molar-refractivity contribution is 9.10. The van der Waals surface area contributed by atoms with Crippen LogP contribution in [0.5, 0.6) is 0 Å². The third-order valence-corrected chi connectivity index (χ3v) is 9.63. The van der Waals surface area contributed by atoms with Gasteiger partial charge in [0.1, 0.15) is 13.2 Å². The van der Waals surface area contributed by atoms with E-state index in [4.69, 9.17) is 4.74 Å². The number of aromatic nitrogens is 1. The first-order valence-corrected chi connectivity index (χ1v) is 17.7. The molecular weight excluding hydrogens is 674 g/mol. The third kappa shape index (κ3) is 9.76. The van der Waals surface area contributed by atoms with Gasteiger partial charge in [-0.2, -0.15) is 0 Å². The lowest BCUT2D eigenvalue weighted by Crippen LogP contribution is -2.52. The van der Waals surface area contributed by atoms with Crippen LogP contribution >= 0.6 is 15.9 Å². The lowest BCUT2D eigenvalue weighted by Gasteiger charge is -2.35. The molecule has 258 valence electrons. The van der Waals surface area contributed by atoms with Gasteiger partial charge in [0.2, 0.25) is 11.8 Å². The summed E-state index contributed by atoms with van der Waals surface area (Å²) in [6.45, 7) is 10.8. The zero-order valence-corrected chi connectivity index (χ0v) is 29.7. The van der Waals surface area contributed by atoms with Gasteiger partial charge in [-0.1, -0.05) is 59.3 Å². The van der Waals surface area contributed by atoms with Gasteiger partial charge < -0.3 is 30.2 Å². The Balaban J connectivity index is 1.04. The standard InChI is InChI=1S/C36H48BrN7O4/c1-3-27-4-6-28(7-5-27)8-11-31-35(30-10-9-29(37)24-32(30)40-31)36(47)39-13-15-42-18-22-44(23-19-42)34(46)26-48-25-33(45)43-20-16-41(17-21-43)14-12-38-2/h4-11,24,38,40H,3,12-23,25-26H2,1-2H3,(H,39,47)/b11-8+. The minimum absolute atomic E-state index is 0.0618. The number of hydrogen-bond acceptors (Lipinski definition) is 7. The molecule has 0 unspecified atom stereocenters. The van der Waals surface area contributed by atoms with Gasteiger partial charge in [0, 0.05) is 93.9 Å². The Labute approximate surface area is 291 Å². The van der Waals surface area contributed by atoms with Crippen molar-refractivity contribution in [2.45, 2.75) is 13.3 Å². The number of carbonyl (C=O) groups is 3. The van der Waals surface area contributed by atoms with E-state index in [1.165, 1.54) is 5.56 Å². The summed E-state index contributed by atoms with van der Waals surface area (Å²) in [4.78, 5) is 50.4. The van der Waals surface area contributed by atoms with Gasteiger partial charge >= 0.3 is 0 Å². The minimum Gasteiger partial charge on any atom is -0.362 e. The fourth-order valence-electron chi connectivity index (χ4n) is 6.14. The molecule has 0 spiro atoms. The molecule has 3 aromatic rings. The molecule has 5 rings (SSSR count). The Bertz CT molecular complexity index is 1560. The van der Waals surface area contributed by atoms with Crippen LogP contribution in [0.15, 0.2) is 46.9 Å². The highest BCUT2D eigenvalue weighted by Gasteiger charge is 2.24. The van der Waals surface area contributed by atoms with Crippen molar-refractivity contribution in [3.63, 3.8) is 0 Å². The molecule has 2 saturated heterocycles. The van der Waals surface area contributed by atoms with Crippen LogP contribution in [0.2, 0.25) is 0 Å². The van der Waals surface area contributed by atoms with Crippen molar-refractivity contribution in [2.24, 2.45) is 0 Å². The summed E-state index contributed by atoms with van der Waals surface area (Å²) in [7, 11) is 1.94. The first-order valence-electron chi connectivity index (χ1n) is 16.9. The van der Waals surface area contributed by atoms with Gasteiger partial charge in [-0.05, 0) is 42.8 Å². The Kier molecular flexibility index (Phi) is 13.2. The van der Waals surface area contributed by atoms with E-state index in [1.54, 1.807) is 4.90 Å². The van der Waals surface area contributed by atoms with Crippen molar-refractivity contribution in [3.05, 3.63) is 69.3 Å². The molecule has 0 bridgehead atoms. The largest absolute Gasteiger partial charge is 0.362 e. The molecule has 12 heteroatoms. The molecule has 0 atom stereocenters. The van der Waals surface area contributed by atoms with E-state index in [-0.39, 0.29) is 30.9 Å². The van der Waals surface area contributed by atoms with Crippen LogP contribution in [0.4, 0.5) is 0 Å². The van der Waals surface area contributed by atoms with E-state index >= 15 is 0 Å². The van der Waals surface area contributed by atoms with Crippen molar-refractivity contribution in [3.8, 4) is 0 Å². The molecule has 3 N–H and O–H groups in total. The molecule has 48 heavy (non-hydrogen) atoms. The number of likely N-dealkylation sites (N-methyl/N-ethyl adjacent to an activating group) is 1. The molecule has 0 radical (unpaired) electrons. The van der Waals surface area contributed by atoms with Crippen LogP contribution in [0.1, 0.15) is 34.1 Å². The zero-order chi connectivity index (χ0) is 33.9. The smallest absolute Gasteiger partial charge is 0.254 e. The summed E-state index contributed by atoms with van der Waals surface area (Å²) in [6, 6.07) is 14.3. The number of amides is 3. The van der Waals surface area contributed by atoms with Gasteiger partial charge in [0.25, 0.3) is 5.91 Å². The number of piperazine rings is 2. The van der Waals surface area contributed by atoms with Crippen molar-refractivity contribution >= 4 is 56.7 Å². The van der Waals surface area contributed by atoms with Crippen molar-refractivity contribution < 1.29 is 19.1 Å². The molecular formula is C36H48BrN7O4. The predicted octanol–water partition coefficient (Wildman–Crippen LogP) is 2.92. The summed E-state index contributed by atoms with van der Waals surface area (Å²) >= 11 is 3.54. The highest BCUT2D eigenvalue weighted by Crippen LogP contribution is 2.27. The maximum Gasteiger partial charge on any atom is 0.254 e. The fraction of sp³-hybridized carbons (Fsp3) is 0.472. The van der Waals surface area contributed by atoms with Crippen LogP contribution in [-0.2, 0) is 20.7 Å². The van der Waals surface area contributed by atoms with Crippen molar-refractivity contribution in [2.75, 3.05) is 98.8 Å². The lowest BCUT2D eigenvalue weighted by molar-refractivity contribution is -0.143. The zero-order valence-electron chi connectivity index (χ0n) is 28.1. The lowest BCUT2D eigenvalue weighted by atomic mass is 10.1. The van der Waals surface area contributed by atoms with E-state index in [9.17, 15) is 14.4 Å². The molecule has 2 fully saturated rings. The monoisotopic (exact) mass is 721 g/mol. The number of carbonyl (C=O) groups excluding carboxylic acids is 3. The minimum atomic E-state index is -0.124. The molecule has 3 heterocycles. The number of ether oxygens (including phenoxy) is 1. The van der Waals surface area contributed by atoms with Crippen LogP contribution < -0.4 is 10.6 Å². The summed E-state index contributed by atoms with van der Waals surface area (Å²) in [6.07, 6.45) is 4.98. The van der Waals surface area contributed by atoms with Gasteiger partial charge in [0.05, 0.1) is 11.3 Å². The normalized spacial score (nSPS) is 16.2. The van der Waals surface area contributed by atoms with E-state index in [2.05, 4.69) is 72.5 Å². The second kappa shape index (κ2) is 17.7. The topological polar surface area (TPSA) is 113 Å². The SMILES string of the molecule is CCc1ccc(/C=C/c2[nH]c3cc(Br)ccc3c2C(=O)NCCN2CCN(C(=O)COCC(=O)N3CCN(CCNC)CC3)CC2)cc1. The summed E-state index contributed by atoms with van der Waals surface area (Å²) in [5, 5.41) is 7.14. The molecule has 11 nitrogen and oxygen atoms in total. The van der Waals surface area contributed by atoms with E-state index in [0.29, 0.717) is 57.9 Å². The van der Waals surface area contributed by atoms with Crippen molar-refractivity contribution in [1.29, 1.82) is 0 Å². The molecule has 0 aliphatic carbocycles. The number of rotatable bonds is 14. The van der Waals surface area contributed by atoms with Gasteiger partial charge in [-0.25, -0.2) is 0 Å². The second-order valence-electron chi connectivity index (χ2n) is 12.3. The van der Waals surface area contributed by atoms with Crippen LogP contribution in [-0.4, -0.2) is 141 Å². The second-order valence-corrected chi connectivity index (χ2v) is 13.2.